The van der Waals surface area contributed by atoms with Gasteiger partial charge >= 0.3 is 0 Å². The maximum atomic E-state index is 6.21. The molecule has 20 heavy (non-hydrogen) atoms. The monoisotopic (exact) mass is 292 g/mol. The van der Waals surface area contributed by atoms with E-state index in [9.17, 15) is 0 Å². The molecule has 0 amide bonds. The van der Waals surface area contributed by atoms with E-state index in [-0.39, 0.29) is 11.8 Å². The third-order valence-corrected chi connectivity index (χ3v) is 4.45. The zero-order chi connectivity index (χ0) is 14.3. The highest BCUT2D eigenvalue weighted by Gasteiger charge is 2.45. The Kier molecular flexibility index (Phi) is 3.24. The van der Waals surface area contributed by atoms with Gasteiger partial charge in [0.2, 0.25) is 0 Å². The van der Waals surface area contributed by atoms with Gasteiger partial charge in [-0.15, -0.1) is 0 Å². The van der Waals surface area contributed by atoms with Crippen LogP contribution in [-0.2, 0) is 0 Å². The number of nitrogens with zero attached hydrogens (tertiary/aromatic N) is 1. The zero-order valence-electron chi connectivity index (χ0n) is 12.1. The summed E-state index contributed by atoms with van der Waals surface area (Å²) in [5, 5.41) is 4.11. The lowest BCUT2D eigenvalue weighted by molar-refractivity contribution is -0.0563. The Morgan fingerprint density at radius 3 is 3.10 bits per heavy atom. The first kappa shape index (κ1) is 13.5. The second-order valence-electron chi connectivity index (χ2n) is 5.59. The molecule has 1 aromatic rings. The maximum Gasteiger partial charge on any atom is 0.183 e. The summed E-state index contributed by atoms with van der Waals surface area (Å²) in [5.74, 6) is 1.75. The predicted octanol–water partition coefficient (Wildman–Crippen LogP) is 2.84. The number of rotatable bonds is 3. The fourth-order valence-electron chi connectivity index (χ4n) is 2.76. The molecule has 4 nitrogen and oxygen atoms in total. The number of thiocarbonyl (C=S) groups is 1. The van der Waals surface area contributed by atoms with Crippen molar-refractivity contribution in [1.29, 1.82) is 0 Å². The van der Waals surface area contributed by atoms with Crippen LogP contribution in [-0.4, -0.2) is 29.4 Å². The molecule has 0 saturated carbocycles. The Morgan fingerprint density at radius 1 is 1.55 bits per heavy atom. The molecule has 1 fully saturated rings. The van der Waals surface area contributed by atoms with E-state index in [1.165, 1.54) is 0 Å². The molecule has 1 aromatic carbocycles. The van der Waals surface area contributed by atoms with Crippen LogP contribution in [0.2, 0.25) is 0 Å². The van der Waals surface area contributed by atoms with Gasteiger partial charge < -0.3 is 19.7 Å². The van der Waals surface area contributed by atoms with Gasteiger partial charge in [-0.1, -0.05) is 6.92 Å². The summed E-state index contributed by atoms with van der Waals surface area (Å²) in [6, 6.07) is 6.28. The summed E-state index contributed by atoms with van der Waals surface area (Å²) in [6.45, 7) is 4.90. The van der Waals surface area contributed by atoms with Gasteiger partial charge in [-0.05, 0) is 37.7 Å². The summed E-state index contributed by atoms with van der Waals surface area (Å²) in [7, 11) is 1.97. The second kappa shape index (κ2) is 4.81. The number of fused-ring (bicyclic) bond motifs is 4. The van der Waals surface area contributed by atoms with Crippen LogP contribution < -0.4 is 14.8 Å². The van der Waals surface area contributed by atoms with Crippen LogP contribution in [0.5, 0.6) is 11.5 Å². The molecular formula is C15H20N2O2S. The van der Waals surface area contributed by atoms with Gasteiger partial charge in [0, 0.05) is 25.1 Å². The standard InChI is InChI=1S/C15H20N2O2S/c1-4-7-18-10-5-6-11-12-9-15(2,19-13(11)8-10)17(3)14(20)16-12/h5-6,8,12H,4,7,9H2,1-3H3,(H,16,20). The van der Waals surface area contributed by atoms with Crippen molar-refractivity contribution in [3.8, 4) is 11.5 Å². The first-order valence-corrected chi connectivity index (χ1v) is 7.44. The molecule has 2 unspecified atom stereocenters. The number of ether oxygens (including phenoxy) is 2. The lowest BCUT2D eigenvalue weighted by atomic mass is 9.91. The minimum Gasteiger partial charge on any atom is -0.493 e. The van der Waals surface area contributed by atoms with Crippen molar-refractivity contribution >= 4 is 17.3 Å². The first-order valence-electron chi connectivity index (χ1n) is 7.03. The van der Waals surface area contributed by atoms with E-state index in [1.807, 2.05) is 24.1 Å². The van der Waals surface area contributed by atoms with E-state index in [0.717, 1.165) is 41.6 Å². The Balaban J connectivity index is 1.94. The molecule has 2 bridgehead atoms. The summed E-state index contributed by atoms with van der Waals surface area (Å²) in [5.41, 5.74) is 0.769. The van der Waals surface area contributed by atoms with Crippen LogP contribution in [0.3, 0.4) is 0 Å². The number of hydrogen-bond donors (Lipinski definition) is 1. The van der Waals surface area contributed by atoms with E-state index in [4.69, 9.17) is 21.7 Å². The molecule has 0 radical (unpaired) electrons. The lowest BCUT2D eigenvalue weighted by Crippen LogP contribution is -2.63. The zero-order valence-corrected chi connectivity index (χ0v) is 12.9. The largest absolute Gasteiger partial charge is 0.493 e. The van der Waals surface area contributed by atoms with Crippen molar-refractivity contribution in [3.63, 3.8) is 0 Å². The quantitative estimate of drug-likeness (QED) is 0.866. The molecule has 1 saturated heterocycles. The maximum absolute atomic E-state index is 6.21. The van der Waals surface area contributed by atoms with Crippen molar-refractivity contribution in [3.05, 3.63) is 23.8 Å². The van der Waals surface area contributed by atoms with Gasteiger partial charge in [0.05, 0.1) is 12.6 Å². The molecule has 2 aliphatic rings. The molecular weight excluding hydrogens is 272 g/mol. The summed E-state index contributed by atoms with van der Waals surface area (Å²) in [6.07, 6.45) is 1.88. The van der Waals surface area contributed by atoms with Crippen molar-refractivity contribution in [2.24, 2.45) is 0 Å². The molecule has 3 rings (SSSR count). The van der Waals surface area contributed by atoms with Crippen LogP contribution in [0.4, 0.5) is 0 Å². The lowest BCUT2D eigenvalue weighted by Gasteiger charge is -2.50. The first-order chi connectivity index (χ1) is 9.53. The normalized spacial score (nSPS) is 27.4. The Hall–Kier alpha value is -1.49. The molecule has 5 heteroatoms. The highest BCUT2D eigenvalue weighted by molar-refractivity contribution is 7.80. The van der Waals surface area contributed by atoms with Gasteiger partial charge in [0.1, 0.15) is 11.5 Å². The van der Waals surface area contributed by atoms with E-state index in [0.29, 0.717) is 0 Å². The molecule has 2 atom stereocenters. The number of nitrogens with one attached hydrogen (secondary N) is 1. The molecule has 2 heterocycles. The summed E-state index contributed by atoms with van der Waals surface area (Å²) in [4.78, 5) is 1.99. The van der Waals surface area contributed by atoms with Gasteiger partial charge in [0.15, 0.2) is 10.8 Å². The third kappa shape index (κ3) is 2.10. The smallest absolute Gasteiger partial charge is 0.183 e. The Bertz CT molecular complexity index is 549. The molecule has 0 aromatic heterocycles. The van der Waals surface area contributed by atoms with Crippen molar-refractivity contribution in [1.82, 2.24) is 10.2 Å². The highest BCUT2D eigenvalue weighted by Crippen LogP contribution is 2.44. The summed E-state index contributed by atoms with van der Waals surface area (Å²) >= 11 is 5.38. The van der Waals surface area contributed by atoms with Crippen LogP contribution in [0, 0.1) is 0 Å². The minimum atomic E-state index is -0.386. The van der Waals surface area contributed by atoms with Crippen LogP contribution in [0.1, 0.15) is 38.3 Å². The average molecular weight is 292 g/mol. The van der Waals surface area contributed by atoms with E-state index >= 15 is 0 Å². The SMILES string of the molecule is CCCOc1ccc2c(c1)OC1(C)CC2NC(=S)N1C. The molecule has 0 spiro atoms. The minimum absolute atomic E-state index is 0.215. The van der Waals surface area contributed by atoms with E-state index < -0.39 is 0 Å². The number of hydrogen-bond acceptors (Lipinski definition) is 3. The van der Waals surface area contributed by atoms with Gasteiger partial charge in [-0.25, -0.2) is 0 Å². The van der Waals surface area contributed by atoms with Gasteiger partial charge in [-0.2, -0.15) is 0 Å². The van der Waals surface area contributed by atoms with Gasteiger partial charge in [0.25, 0.3) is 0 Å². The van der Waals surface area contributed by atoms with Crippen LogP contribution in [0.25, 0.3) is 0 Å². The van der Waals surface area contributed by atoms with Gasteiger partial charge in [-0.3, -0.25) is 0 Å². The molecule has 108 valence electrons. The second-order valence-corrected chi connectivity index (χ2v) is 5.98. The number of benzene rings is 1. The molecule has 0 aliphatic carbocycles. The van der Waals surface area contributed by atoms with Crippen molar-refractivity contribution in [2.45, 2.75) is 38.5 Å². The fourth-order valence-corrected chi connectivity index (χ4v) is 3.10. The van der Waals surface area contributed by atoms with Crippen LogP contribution in [0.15, 0.2) is 18.2 Å². The third-order valence-electron chi connectivity index (χ3n) is 4.06. The van der Waals surface area contributed by atoms with Crippen molar-refractivity contribution in [2.75, 3.05) is 13.7 Å². The fraction of sp³-hybridized carbons (Fsp3) is 0.533. The average Bonchev–Trinajstić information content (AvgIpc) is 2.42. The van der Waals surface area contributed by atoms with Crippen LogP contribution >= 0.6 is 12.2 Å². The van der Waals surface area contributed by atoms with E-state index in [2.05, 4.69) is 25.2 Å². The van der Waals surface area contributed by atoms with Crippen molar-refractivity contribution < 1.29 is 9.47 Å². The predicted molar refractivity (Wildman–Crippen MR) is 82.1 cm³/mol. The van der Waals surface area contributed by atoms with E-state index in [1.54, 1.807) is 0 Å². The highest BCUT2D eigenvalue weighted by atomic mass is 32.1. The topological polar surface area (TPSA) is 33.7 Å². The molecule has 1 N–H and O–H groups in total. The Labute approximate surface area is 125 Å². The Morgan fingerprint density at radius 2 is 2.35 bits per heavy atom. The molecule has 2 aliphatic heterocycles. The summed E-state index contributed by atoms with van der Waals surface area (Å²) < 4.78 is 11.9.